The van der Waals surface area contributed by atoms with Crippen LogP contribution in [0.4, 0.5) is 11.4 Å². The third-order valence-corrected chi connectivity index (χ3v) is 4.23. The van der Waals surface area contributed by atoms with Gasteiger partial charge >= 0.3 is 0 Å². The second kappa shape index (κ2) is 6.21. The average molecular weight is 339 g/mol. The highest BCUT2D eigenvalue weighted by Gasteiger charge is 2.06. The Morgan fingerprint density at radius 1 is 1.32 bits per heavy atom. The Labute approximate surface area is 125 Å². The van der Waals surface area contributed by atoms with Crippen molar-refractivity contribution in [3.63, 3.8) is 0 Å². The molecular weight excluding hydrogens is 324 g/mol. The minimum Gasteiger partial charge on any atom is -0.379 e. The lowest BCUT2D eigenvalue weighted by atomic mass is 10.2. The highest BCUT2D eigenvalue weighted by atomic mass is 79.9. The largest absolute Gasteiger partial charge is 0.379 e. The van der Waals surface area contributed by atoms with Crippen LogP contribution in [-0.2, 0) is 11.3 Å². The monoisotopic (exact) mass is 338 g/mol. The molecule has 5 heteroatoms. The van der Waals surface area contributed by atoms with Crippen LogP contribution in [0.1, 0.15) is 17.4 Å². The van der Waals surface area contributed by atoms with Gasteiger partial charge < -0.3 is 10.6 Å². The zero-order valence-electron chi connectivity index (χ0n) is 10.8. The molecule has 0 unspecified atom stereocenters. The van der Waals surface area contributed by atoms with E-state index in [1.807, 2.05) is 17.5 Å². The molecule has 0 aliphatic heterocycles. The fourth-order valence-electron chi connectivity index (χ4n) is 1.73. The smallest absolute Gasteiger partial charge is 0.221 e. The molecule has 1 aromatic carbocycles. The predicted octanol–water partition coefficient (Wildman–Crippen LogP) is 4.39. The highest BCUT2D eigenvalue weighted by Crippen LogP contribution is 2.27. The van der Waals surface area contributed by atoms with E-state index in [-0.39, 0.29) is 5.91 Å². The van der Waals surface area contributed by atoms with Gasteiger partial charge in [0, 0.05) is 22.0 Å². The lowest BCUT2D eigenvalue weighted by Gasteiger charge is -2.10. The van der Waals surface area contributed by atoms with Gasteiger partial charge in [-0.1, -0.05) is 6.07 Å². The van der Waals surface area contributed by atoms with Gasteiger partial charge in [-0.05, 0) is 52.0 Å². The van der Waals surface area contributed by atoms with Crippen molar-refractivity contribution < 1.29 is 4.79 Å². The van der Waals surface area contributed by atoms with Crippen molar-refractivity contribution in [2.45, 2.75) is 20.4 Å². The summed E-state index contributed by atoms with van der Waals surface area (Å²) in [5.74, 6) is -0.0450. The Morgan fingerprint density at radius 2 is 2.11 bits per heavy atom. The number of hydrogen-bond donors (Lipinski definition) is 2. The first kappa shape index (κ1) is 14.1. The van der Waals surface area contributed by atoms with Crippen molar-refractivity contribution >= 4 is 44.5 Å². The SMILES string of the molecule is CC(=O)Nc1ccsc1CNc1cc(C)ccc1Br. The van der Waals surface area contributed by atoms with E-state index in [4.69, 9.17) is 0 Å². The fraction of sp³-hybridized carbons (Fsp3) is 0.214. The number of benzene rings is 1. The Kier molecular flexibility index (Phi) is 4.61. The lowest BCUT2D eigenvalue weighted by molar-refractivity contribution is -0.114. The van der Waals surface area contributed by atoms with Gasteiger partial charge in [0.15, 0.2) is 0 Å². The van der Waals surface area contributed by atoms with Gasteiger partial charge in [-0.25, -0.2) is 0 Å². The van der Waals surface area contributed by atoms with E-state index in [2.05, 4.69) is 45.6 Å². The number of nitrogens with one attached hydrogen (secondary N) is 2. The Balaban J connectivity index is 2.08. The summed E-state index contributed by atoms with van der Waals surface area (Å²) >= 11 is 5.15. The van der Waals surface area contributed by atoms with Gasteiger partial charge in [-0.15, -0.1) is 11.3 Å². The van der Waals surface area contributed by atoms with Crippen molar-refractivity contribution in [2.75, 3.05) is 10.6 Å². The molecule has 0 saturated carbocycles. The number of anilines is 2. The maximum absolute atomic E-state index is 11.1. The Bertz CT molecular complexity index is 595. The molecule has 2 aromatic rings. The first-order valence-electron chi connectivity index (χ1n) is 5.90. The van der Waals surface area contributed by atoms with Gasteiger partial charge in [-0.2, -0.15) is 0 Å². The Morgan fingerprint density at radius 3 is 2.84 bits per heavy atom. The quantitative estimate of drug-likeness (QED) is 0.867. The summed E-state index contributed by atoms with van der Waals surface area (Å²) in [6.07, 6.45) is 0. The molecule has 0 saturated heterocycles. The number of aryl methyl sites for hydroxylation is 1. The molecule has 2 rings (SSSR count). The number of carbonyl (C=O) groups is 1. The van der Waals surface area contributed by atoms with E-state index in [1.54, 1.807) is 11.3 Å². The summed E-state index contributed by atoms with van der Waals surface area (Å²) in [5, 5.41) is 8.20. The van der Waals surface area contributed by atoms with Crippen LogP contribution >= 0.6 is 27.3 Å². The van der Waals surface area contributed by atoms with Crippen molar-refractivity contribution in [1.29, 1.82) is 0 Å². The van der Waals surface area contributed by atoms with E-state index >= 15 is 0 Å². The van der Waals surface area contributed by atoms with Crippen LogP contribution in [0.15, 0.2) is 34.1 Å². The summed E-state index contributed by atoms with van der Waals surface area (Å²) in [7, 11) is 0. The normalized spacial score (nSPS) is 10.3. The summed E-state index contributed by atoms with van der Waals surface area (Å²) in [5.41, 5.74) is 3.15. The highest BCUT2D eigenvalue weighted by molar-refractivity contribution is 9.10. The first-order chi connectivity index (χ1) is 9.06. The van der Waals surface area contributed by atoms with E-state index in [9.17, 15) is 4.79 Å². The zero-order chi connectivity index (χ0) is 13.8. The summed E-state index contributed by atoms with van der Waals surface area (Å²) < 4.78 is 1.04. The standard InChI is InChI=1S/C14H15BrN2OS/c1-9-3-4-11(15)13(7-9)16-8-14-12(5-6-19-14)17-10(2)18/h3-7,16H,8H2,1-2H3,(H,17,18). The van der Waals surface area contributed by atoms with Crippen LogP contribution in [0.5, 0.6) is 0 Å². The average Bonchev–Trinajstić information content (AvgIpc) is 2.77. The molecule has 0 atom stereocenters. The maximum atomic E-state index is 11.1. The molecule has 19 heavy (non-hydrogen) atoms. The number of amides is 1. The van der Waals surface area contributed by atoms with Crippen LogP contribution in [0.25, 0.3) is 0 Å². The minimum atomic E-state index is -0.0450. The molecule has 1 heterocycles. The molecule has 100 valence electrons. The van der Waals surface area contributed by atoms with Gasteiger partial charge in [0.2, 0.25) is 5.91 Å². The number of rotatable bonds is 4. The van der Waals surface area contributed by atoms with Crippen molar-refractivity contribution in [3.8, 4) is 0 Å². The van der Waals surface area contributed by atoms with Crippen molar-refractivity contribution in [1.82, 2.24) is 0 Å². The van der Waals surface area contributed by atoms with E-state index in [1.165, 1.54) is 12.5 Å². The van der Waals surface area contributed by atoms with Crippen molar-refractivity contribution in [2.24, 2.45) is 0 Å². The molecule has 0 aliphatic rings. The van der Waals surface area contributed by atoms with Gasteiger partial charge in [0.1, 0.15) is 0 Å². The number of hydrogen-bond acceptors (Lipinski definition) is 3. The fourth-order valence-corrected chi connectivity index (χ4v) is 2.89. The molecule has 0 bridgehead atoms. The molecular formula is C14H15BrN2OS. The molecule has 1 aromatic heterocycles. The number of thiophene rings is 1. The van der Waals surface area contributed by atoms with Crippen LogP contribution in [0, 0.1) is 6.92 Å². The van der Waals surface area contributed by atoms with Crippen LogP contribution in [0.2, 0.25) is 0 Å². The molecule has 3 nitrogen and oxygen atoms in total. The molecule has 0 fully saturated rings. The maximum Gasteiger partial charge on any atom is 0.221 e. The van der Waals surface area contributed by atoms with Gasteiger partial charge in [-0.3, -0.25) is 4.79 Å². The van der Waals surface area contributed by atoms with Gasteiger partial charge in [0.25, 0.3) is 0 Å². The molecule has 0 radical (unpaired) electrons. The topological polar surface area (TPSA) is 41.1 Å². The van der Waals surface area contributed by atoms with E-state index < -0.39 is 0 Å². The third kappa shape index (κ3) is 3.81. The van der Waals surface area contributed by atoms with Crippen LogP contribution in [0.3, 0.4) is 0 Å². The summed E-state index contributed by atoms with van der Waals surface area (Å²) in [6.45, 7) is 4.27. The molecule has 1 amide bonds. The minimum absolute atomic E-state index is 0.0450. The van der Waals surface area contributed by atoms with Crippen molar-refractivity contribution in [3.05, 3.63) is 44.6 Å². The second-order valence-electron chi connectivity index (χ2n) is 4.28. The Hall–Kier alpha value is -1.33. The van der Waals surface area contributed by atoms with Crippen LogP contribution in [-0.4, -0.2) is 5.91 Å². The lowest BCUT2D eigenvalue weighted by Crippen LogP contribution is -2.08. The molecule has 2 N–H and O–H groups in total. The number of halogens is 1. The van der Waals surface area contributed by atoms with Crippen LogP contribution < -0.4 is 10.6 Å². The first-order valence-corrected chi connectivity index (χ1v) is 7.57. The molecule has 0 aliphatic carbocycles. The van der Waals surface area contributed by atoms with Gasteiger partial charge in [0.05, 0.1) is 12.2 Å². The third-order valence-electron chi connectivity index (χ3n) is 2.62. The zero-order valence-corrected chi connectivity index (χ0v) is 13.2. The summed E-state index contributed by atoms with van der Waals surface area (Å²) in [4.78, 5) is 12.2. The number of carbonyl (C=O) groups excluding carboxylic acids is 1. The predicted molar refractivity (Wildman–Crippen MR) is 84.8 cm³/mol. The van der Waals surface area contributed by atoms with E-state index in [0.717, 1.165) is 20.7 Å². The van der Waals surface area contributed by atoms with E-state index in [0.29, 0.717) is 6.54 Å². The second-order valence-corrected chi connectivity index (χ2v) is 6.13. The summed E-state index contributed by atoms with van der Waals surface area (Å²) in [6, 6.07) is 8.11. The molecule has 0 spiro atoms.